The van der Waals surface area contributed by atoms with Crippen LogP contribution in [0, 0.1) is 0 Å². The number of thiazole rings is 1. The third-order valence-electron chi connectivity index (χ3n) is 4.75. The zero-order valence-electron chi connectivity index (χ0n) is 15.4. The minimum absolute atomic E-state index is 0.0193. The number of nitrogens with zero attached hydrogens (tertiary/aromatic N) is 3. The van der Waals surface area contributed by atoms with Gasteiger partial charge in [0.1, 0.15) is 10.5 Å². The lowest BCUT2D eigenvalue weighted by molar-refractivity contribution is 0.0785. The fourth-order valence-corrected chi connectivity index (χ4v) is 4.50. The normalized spacial score (nSPS) is 14.0. The average molecular weight is 369 g/mol. The van der Waals surface area contributed by atoms with Gasteiger partial charge in [0.05, 0.1) is 12.2 Å². The number of amides is 1. The number of benzene rings is 1. The Morgan fingerprint density at radius 3 is 2.85 bits per heavy atom. The van der Waals surface area contributed by atoms with E-state index in [0.29, 0.717) is 18.0 Å². The van der Waals surface area contributed by atoms with Crippen molar-refractivity contribution < 1.29 is 9.21 Å². The number of aromatic nitrogens is 2. The van der Waals surface area contributed by atoms with Gasteiger partial charge in [0, 0.05) is 23.4 Å². The molecule has 1 amide bonds. The maximum atomic E-state index is 12.8. The van der Waals surface area contributed by atoms with E-state index in [1.54, 1.807) is 16.2 Å². The molecular weight excluding hydrogens is 346 g/mol. The Morgan fingerprint density at radius 1 is 1.27 bits per heavy atom. The first-order valence-corrected chi connectivity index (χ1v) is 9.96. The summed E-state index contributed by atoms with van der Waals surface area (Å²) in [5.74, 6) is 0.903. The minimum Gasteiger partial charge on any atom is -0.440 e. The highest BCUT2D eigenvalue weighted by atomic mass is 32.1. The van der Waals surface area contributed by atoms with Crippen molar-refractivity contribution in [1.29, 1.82) is 0 Å². The fraction of sp³-hybridized carbons (Fsp3) is 0.450. The second-order valence-electron chi connectivity index (χ2n) is 7.24. The number of hydrogen-bond donors (Lipinski definition) is 0. The van der Waals surface area contributed by atoms with E-state index in [1.165, 1.54) is 23.4 Å². The lowest BCUT2D eigenvalue weighted by Gasteiger charge is -2.15. The molecule has 0 aliphatic heterocycles. The molecule has 3 aromatic rings. The number of aryl methyl sites for hydroxylation is 2. The van der Waals surface area contributed by atoms with E-state index in [1.807, 2.05) is 39.1 Å². The van der Waals surface area contributed by atoms with E-state index in [4.69, 9.17) is 9.40 Å². The van der Waals surface area contributed by atoms with E-state index in [0.717, 1.165) is 28.9 Å². The van der Waals surface area contributed by atoms with Gasteiger partial charge in [-0.05, 0) is 43.9 Å². The molecule has 0 saturated heterocycles. The SMILES string of the molecule is CC(C)c1nc2cc(C(=O)N(C)Cc3nc4c(s3)CCCC4)ccc2o1. The third-order valence-corrected chi connectivity index (χ3v) is 5.90. The van der Waals surface area contributed by atoms with Gasteiger partial charge in [-0.15, -0.1) is 11.3 Å². The molecule has 0 unspecified atom stereocenters. The summed E-state index contributed by atoms with van der Waals surface area (Å²) in [6, 6.07) is 5.46. The molecule has 0 radical (unpaired) electrons. The standard InChI is InChI=1S/C20H23N3O2S/c1-12(2)19-22-15-10-13(8-9-16(15)25-19)20(24)23(3)11-18-21-14-6-4-5-7-17(14)26-18/h8-10,12H,4-7,11H2,1-3H3. The van der Waals surface area contributed by atoms with Crippen LogP contribution in [0.3, 0.4) is 0 Å². The molecule has 6 heteroatoms. The van der Waals surface area contributed by atoms with Gasteiger partial charge in [0.15, 0.2) is 11.5 Å². The molecule has 0 bridgehead atoms. The average Bonchev–Trinajstić information content (AvgIpc) is 3.23. The second-order valence-corrected chi connectivity index (χ2v) is 8.40. The molecule has 1 aromatic carbocycles. The first-order valence-electron chi connectivity index (χ1n) is 9.14. The number of rotatable bonds is 4. The lowest BCUT2D eigenvalue weighted by atomic mass is 10.0. The fourth-order valence-electron chi connectivity index (χ4n) is 3.29. The maximum absolute atomic E-state index is 12.8. The van der Waals surface area contributed by atoms with Crippen LogP contribution in [0.4, 0.5) is 0 Å². The quantitative estimate of drug-likeness (QED) is 0.676. The summed E-state index contributed by atoms with van der Waals surface area (Å²) >= 11 is 1.75. The van der Waals surface area contributed by atoms with Crippen LogP contribution < -0.4 is 0 Å². The molecule has 136 valence electrons. The highest BCUT2D eigenvalue weighted by molar-refractivity contribution is 7.11. The van der Waals surface area contributed by atoms with Crippen molar-refractivity contribution in [3.05, 3.63) is 45.2 Å². The Balaban J connectivity index is 1.52. The Bertz CT molecular complexity index is 934. The van der Waals surface area contributed by atoms with Crippen LogP contribution in [-0.4, -0.2) is 27.8 Å². The van der Waals surface area contributed by atoms with Gasteiger partial charge >= 0.3 is 0 Å². The van der Waals surface area contributed by atoms with Crippen molar-refractivity contribution in [3.8, 4) is 0 Å². The maximum Gasteiger partial charge on any atom is 0.254 e. The summed E-state index contributed by atoms with van der Waals surface area (Å²) in [4.78, 5) is 25.2. The number of hydrogen-bond acceptors (Lipinski definition) is 5. The van der Waals surface area contributed by atoms with Crippen molar-refractivity contribution >= 4 is 28.3 Å². The summed E-state index contributed by atoms with van der Waals surface area (Å²) in [5, 5.41) is 1.03. The van der Waals surface area contributed by atoms with Crippen molar-refractivity contribution in [2.45, 2.75) is 52.0 Å². The predicted molar refractivity (Wildman–Crippen MR) is 103 cm³/mol. The van der Waals surface area contributed by atoms with E-state index < -0.39 is 0 Å². The molecule has 1 aliphatic rings. The minimum atomic E-state index is -0.0193. The second kappa shape index (κ2) is 6.83. The monoisotopic (exact) mass is 369 g/mol. The van der Waals surface area contributed by atoms with Crippen molar-refractivity contribution in [2.24, 2.45) is 0 Å². The molecule has 0 spiro atoms. The van der Waals surface area contributed by atoms with Crippen LogP contribution in [0.1, 0.15) is 64.4 Å². The molecule has 1 aliphatic carbocycles. The third kappa shape index (κ3) is 3.26. The Kier molecular flexibility index (Phi) is 4.53. The van der Waals surface area contributed by atoms with Crippen LogP contribution in [0.2, 0.25) is 0 Å². The first kappa shape index (κ1) is 17.2. The van der Waals surface area contributed by atoms with Crippen molar-refractivity contribution in [1.82, 2.24) is 14.9 Å². The van der Waals surface area contributed by atoms with Crippen LogP contribution in [-0.2, 0) is 19.4 Å². The Labute approximate surface area is 157 Å². The van der Waals surface area contributed by atoms with Crippen molar-refractivity contribution in [3.63, 3.8) is 0 Å². The summed E-state index contributed by atoms with van der Waals surface area (Å²) in [6.07, 6.45) is 4.68. The lowest BCUT2D eigenvalue weighted by Crippen LogP contribution is -2.26. The molecular formula is C20H23N3O2S. The van der Waals surface area contributed by atoms with Gasteiger partial charge in [0.2, 0.25) is 0 Å². The molecule has 2 aromatic heterocycles. The summed E-state index contributed by atoms with van der Waals surface area (Å²) in [6.45, 7) is 4.63. The molecule has 5 nitrogen and oxygen atoms in total. The highest BCUT2D eigenvalue weighted by Gasteiger charge is 2.19. The highest BCUT2D eigenvalue weighted by Crippen LogP contribution is 2.28. The van der Waals surface area contributed by atoms with E-state index >= 15 is 0 Å². The van der Waals surface area contributed by atoms with Gasteiger partial charge in [-0.2, -0.15) is 0 Å². The van der Waals surface area contributed by atoms with Crippen molar-refractivity contribution in [2.75, 3.05) is 7.05 Å². The largest absolute Gasteiger partial charge is 0.440 e. The molecule has 26 heavy (non-hydrogen) atoms. The summed E-state index contributed by atoms with van der Waals surface area (Å²) < 4.78 is 5.72. The van der Waals surface area contributed by atoms with E-state index in [-0.39, 0.29) is 11.8 Å². The number of fused-ring (bicyclic) bond motifs is 2. The van der Waals surface area contributed by atoms with Crippen LogP contribution in [0.5, 0.6) is 0 Å². The number of carbonyl (C=O) groups is 1. The van der Waals surface area contributed by atoms with Gasteiger partial charge in [-0.1, -0.05) is 13.8 Å². The molecule has 0 N–H and O–H groups in total. The molecule has 0 atom stereocenters. The molecule has 0 saturated carbocycles. The number of oxazole rings is 1. The predicted octanol–water partition coefficient (Wildman–Crippen LogP) is 4.56. The molecule has 2 heterocycles. The molecule has 4 rings (SSSR count). The zero-order valence-corrected chi connectivity index (χ0v) is 16.2. The molecule has 0 fully saturated rings. The van der Waals surface area contributed by atoms with Gasteiger partial charge in [0.25, 0.3) is 5.91 Å². The van der Waals surface area contributed by atoms with Gasteiger partial charge < -0.3 is 9.32 Å². The topological polar surface area (TPSA) is 59.2 Å². The Morgan fingerprint density at radius 2 is 2.08 bits per heavy atom. The van der Waals surface area contributed by atoms with Crippen LogP contribution in [0.15, 0.2) is 22.6 Å². The smallest absolute Gasteiger partial charge is 0.254 e. The number of carbonyl (C=O) groups excluding carboxylic acids is 1. The Hall–Kier alpha value is -2.21. The summed E-state index contributed by atoms with van der Waals surface area (Å²) in [5.41, 5.74) is 3.32. The van der Waals surface area contributed by atoms with Gasteiger partial charge in [-0.3, -0.25) is 4.79 Å². The summed E-state index contributed by atoms with van der Waals surface area (Å²) in [7, 11) is 1.83. The van der Waals surface area contributed by atoms with E-state index in [2.05, 4.69) is 4.98 Å². The first-order chi connectivity index (χ1) is 12.5. The van der Waals surface area contributed by atoms with Crippen LogP contribution >= 0.6 is 11.3 Å². The zero-order chi connectivity index (χ0) is 18.3. The van der Waals surface area contributed by atoms with Crippen LogP contribution in [0.25, 0.3) is 11.1 Å². The van der Waals surface area contributed by atoms with E-state index in [9.17, 15) is 4.79 Å². The van der Waals surface area contributed by atoms with Gasteiger partial charge in [-0.25, -0.2) is 9.97 Å².